The van der Waals surface area contributed by atoms with Crippen LogP contribution in [-0.4, -0.2) is 51.7 Å². The van der Waals surface area contributed by atoms with E-state index in [0.717, 1.165) is 16.8 Å². The molecular weight excluding hydrogens is 421 g/mol. The first-order valence-electron chi connectivity index (χ1n) is 11.0. The molecule has 33 heavy (non-hydrogen) atoms. The standard InChI is InChI=1S/C26H32FN3O3/c1-5-15-32-18-22(31)16-30(19(2)3)17-24-25(20-9-7-6-8-10-20)28-29(4)26(24)33-23-13-11-21(27)12-14-23/h5-14,19,22,31H,1,15-18H2,2-4H3/t22-/m0/s1. The predicted octanol–water partition coefficient (Wildman–Crippen LogP) is 4.79. The van der Waals surface area contributed by atoms with E-state index in [1.807, 2.05) is 37.4 Å². The molecule has 2 aromatic carbocycles. The van der Waals surface area contributed by atoms with E-state index in [-0.39, 0.29) is 18.5 Å². The molecule has 6 nitrogen and oxygen atoms in total. The van der Waals surface area contributed by atoms with Crippen molar-refractivity contribution in [2.45, 2.75) is 32.5 Å². The number of halogens is 1. The van der Waals surface area contributed by atoms with Crippen LogP contribution in [0.1, 0.15) is 19.4 Å². The number of ether oxygens (including phenoxy) is 2. The van der Waals surface area contributed by atoms with Crippen molar-refractivity contribution in [3.63, 3.8) is 0 Å². The monoisotopic (exact) mass is 453 g/mol. The lowest BCUT2D eigenvalue weighted by molar-refractivity contribution is 0.0177. The number of benzene rings is 2. The van der Waals surface area contributed by atoms with Crippen LogP contribution in [0.4, 0.5) is 4.39 Å². The lowest BCUT2D eigenvalue weighted by Crippen LogP contribution is -2.39. The molecule has 0 spiro atoms. The van der Waals surface area contributed by atoms with Gasteiger partial charge in [0, 0.05) is 31.7 Å². The van der Waals surface area contributed by atoms with E-state index < -0.39 is 6.10 Å². The lowest BCUT2D eigenvalue weighted by atomic mass is 10.1. The van der Waals surface area contributed by atoms with E-state index in [1.54, 1.807) is 22.9 Å². The van der Waals surface area contributed by atoms with Gasteiger partial charge in [-0.15, -0.1) is 6.58 Å². The number of rotatable bonds is 12. The fraction of sp³-hybridized carbons (Fsp3) is 0.346. The summed E-state index contributed by atoms with van der Waals surface area (Å²) in [5.41, 5.74) is 2.66. The smallest absolute Gasteiger partial charge is 0.222 e. The van der Waals surface area contributed by atoms with Gasteiger partial charge in [0.15, 0.2) is 0 Å². The quantitative estimate of drug-likeness (QED) is 0.316. The highest BCUT2D eigenvalue weighted by atomic mass is 19.1. The summed E-state index contributed by atoms with van der Waals surface area (Å²) in [6.07, 6.45) is 1.01. The van der Waals surface area contributed by atoms with Gasteiger partial charge in [-0.25, -0.2) is 9.07 Å². The molecule has 0 fully saturated rings. The Balaban J connectivity index is 1.93. The molecule has 0 saturated carbocycles. The summed E-state index contributed by atoms with van der Waals surface area (Å²) in [6.45, 7) is 9.35. The molecule has 0 amide bonds. The molecule has 3 aromatic rings. The Morgan fingerprint density at radius 3 is 2.48 bits per heavy atom. The Labute approximate surface area is 194 Å². The third kappa shape index (κ3) is 6.74. The van der Waals surface area contributed by atoms with Gasteiger partial charge in [0.1, 0.15) is 17.3 Å². The minimum Gasteiger partial charge on any atom is -0.439 e. The zero-order chi connectivity index (χ0) is 23.8. The largest absolute Gasteiger partial charge is 0.439 e. The number of hydrogen-bond acceptors (Lipinski definition) is 5. The highest BCUT2D eigenvalue weighted by molar-refractivity contribution is 5.65. The van der Waals surface area contributed by atoms with Crippen LogP contribution in [0.5, 0.6) is 11.6 Å². The van der Waals surface area contributed by atoms with Crippen molar-refractivity contribution in [3.8, 4) is 22.9 Å². The molecular formula is C26H32FN3O3. The molecule has 1 atom stereocenters. The first-order chi connectivity index (χ1) is 15.9. The summed E-state index contributed by atoms with van der Waals surface area (Å²) in [5.74, 6) is 0.772. The Kier molecular flexibility index (Phi) is 8.77. The number of aromatic nitrogens is 2. The second-order valence-electron chi connectivity index (χ2n) is 8.18. The number of aryl methyl sites for hydroxylation is 1. The molecule has 0 aliphatic heterocycles. The van der Waals surface area contributed by atoms with Crippen molar-refractivity contribution in [3.05, 3.63) is 78.6 Å². The molecule has 0 aliphatic carbocycles. The summed E-state index contributed by atoms with van der Waals surface area (Å²) in [4.78, 5) is 2.16. The van der Waals surface area contributed by atoms with Gasteiger partial charge in [0.2, 0.25) is 5.88 Å². The Morgan fingerprint density at radius 2 is 1.85 bits per heavy atom. The van der Waals surface area contributed by atoms with E-state index >= 15 is 0 Å². The Hall–Kier alpha value is -3.00. The average molecular weight is 454 g/mol. The third-order valence-corrected chi connectivity index (χ3v) is 5.25. The van der Waals surface area contributed by atoms with Gasteiger partial charge in [0.25, 0.3) is 0 Å². The summed E-state index contributed by atoms with van der Waals surface area (Å²) >= 11 is 0. The van der Waals surface area contributed by atoms with Crippen LogP contribution in [0, 0.1) is 5.82 Å². The van der Waals surface area contributed by atoms with Crippen LogP contribution >= 0.6 is 0 Å². The van der Waals surface area contributed by atoms with Crippen LogP contribution in [0.2, 0.25) is 0 Å². The van der Waals surface area contributed by atoms with Crippen LogP contribution in [0.15, 0.2) is 67.3 Å². The molecule has 0 unspecified atom stereocenters. The number of nitrogens with zero attached hydrogens (tertiary/aromatic N) is 3. The molecule has 176 valence electrons. The van der Waals surface area contributed by atoms with Crippen LogP contribution in [-0.2, 0) is 18.3 Å². The van der Waals surface area contributed by atoms with Crippen molar-refractivity contribution in [2.75, 3.05) is 19.8 Å². The van der Waals surface area contributed by atoms with Gasteiger partial charge in [-0.2, -0.15) is 5.10 Å². The van der Waals surface area contributed by atoms with Crippen LogP contribution in [0.3, 0.4) is 0 Å². The van der Waals surface area contributed by atoms with Crippen LogP contribution in [0.25, 0.3) is 11.3 Å². The topological polar surface area (TPSA) is 59.8 Å². The average Bonchev–Trinajstić information content (AvgIpc) is 3.10. The Morgan fingerprint density at radius 1 is 1.15 bits per heavy atom. The van der Waals surface area contributed by atoms with Crippen molar-refractivity contribution >= 4 is 0 Å². The van der Waals surface area contributed by atoms with Crippen LogP contribution < -0.4 is 4.74 Å². The number of aliphatic hydroxyl groups is 1. The minimum absolute atomic E-state index is 0.154. The van der Waals surface area contributed by atoms with E-state index in [0.29, 0.717) is 31.3 Å². The minimum atomic E-state index is -0.648. The molecule has 1 N–H and O–H groups in total. The lowest BCUT2D eigenvalue weighted by Gasteiger charge is -2.29. The molecule has 0 radical (unpaired) electrons. The van der Waals surface area contributed by atoms with E-state index in [9.17, 15) is 9.50 Å². The summed E-state index contributed by atoms with van der Waals surface area (Å²) in [6, 6.07) is 16.0. The normalized spacial score (nSPS) is 12.3. The summed E-state index contributed by atoms with van der Waals surface area (Å²) < 4.78 is 26.7. The molecule has 1 aromatic heterocycles. The van der Waals surface area contributed by atoms with Gasteiger partial charge in [0.05, 0.1) is 24.9 Å². The van der Waals surface area contributed by atoms with Gasteiger partial charge in [-0.1, -0.05) is 36.4 Å². The molecule has 0 bridgehead atoms. The van der Waals surface area contributed by atoms with Gasteiger partial charge in [-0.3, -0.25) is 4.90 Å². The van der Waals surface area contributed by atoms with Gasteiger partial charge < -0.3 is 14.6 Å². The SMILES string of the molecule is C=CCOC[C@@H](O)CN(Cc1c(-c2ccccc2)nn(C)c1Oc1ccc(F)cc1)C(C)C. The molecule has 3 rings (SSSR count). The second-order valence-corrected chi connectivity index (χ2v) is 8.18. The maximum absolute atomic E-state index is 13.4. The summed E-state index contributed by atoms with van der Waals surface area (Å²) in [5, 5.41) is 15.2. The van der Waals surface area contributed by atoms with Crippen molar-refractivity contribution < 1.29 is 19.0 Å². The predicted molar refractivity (Wildman–Crippen MR) is 128 cm³/mol. The fourth-order valence-electron chi connectivity index (χ4n) is 3.54. The first kappa shape index (κ1) is 24.6. The Bertz CT molecular complexity index is 1020. The number of hydrogen-bond donors (Lipinski definition) is 1. The fourth-order valence-corrected chi connectivity index (χ4v) is 3.54. The van der Waals surface area contributed by atoms with Gasteiger partial charge in [-0.05, 0) is 38.1 Å². The van der Waals surface area contributed by atoms with Gasteiger partial charge >= 0.3 is 0 Å². The zero-order valence-electron chi connectivity index (χ0n) is 19.4. The molecule has 1 heterocycles. The highest BCUT2D eigenvalue weighted by Gasteiger charge is 2.24. The third-order valence-electron chi connectivity index (χ3n) is 5.25. The van der Waals surface area contributed by atoms with Crippen molar-refractivity contribution in [1.82, 2.24) is 14.7 Å². The van der Waals surface area contributed by atoms with Crippen molar-refractivity contribution in [2.24, 2.45) is 7.05 Å². The van der Waals surface area contributed by atoms with E-state index in [4.69, 9.17) is 14.6 Å². The highest BCUT2D eigenvalue weighted by Crippen LogP contribution is 2.34. The van der Waals surface area contributed by atoms with E-state index in [1.165, 1.54) is 12.1 Å². The van der Waals surface area contributed by atoms with Crippen molar-refractivity contribution in [1.29, 1.82) is 0 Å². The maximum Gasteiger partial charge on any atom is 0.222 e. The first-order valence-corrected chi connectivity index (χ1v) is 11.0. The maximum atomic E-state index is 13.4. The second kappa shape index (κ2) is 11.7. The molecule has 7 heteroatoms. The summed E-state index contributed by atoms with van der Waals surface area (Å²) in [7, 11) is 1.83. The molecule has 0 aliphatic rings. The molecule has 0 saturated heterocycles. The number of aliphatic hydroxyl groups excluding tert-OH is 1. The zero-order valence-corrected chi connectivity index (χ0v) is 19.4. The van der Waals surface area contributed by atoms with E-state index in [2.05, 4.69) is 25.3 Å².